The number of furan rings is 1. The zero-order valence-corrected chi connectivity index (χ0v) is 15.0. The molecule has 3 rings (SSSR count). The molecule has 0 aliphatic carbocycles. The first kappa shape index (κ1) is 17.6. The molecule has 7 heteroatoms. The van der Waals surface area contributed by atoms with Gasteiger partial charge in [0.15, 0.2) is 5.78 Å². The molecule has 1 fully saturated rings. The molecular formula is C18H15NO4S2. The fourth-order valence-electron chi connectivity index (χ4n) is 2.38. The Morgan fingerprint density at radius 1 is 1.36 bits per heavy atom. The van der Waals surface area contributed by atoms with E-state index in [9.17, 15) is 9.59 Å². The number of thiocarbonyl (C=S) groups is 1. The Bertz CT molecular complexity index is 885. The van der Waals surface area contributed by atoms with Crippen molar-refractivity contribution >= 4 is 46.1 Å². The highest BCUT2D eigenvalue weighted by molar-refractivity contribution is 8.26. The van der Waals surface area contributed by atoms with Crippen molar-refractivity contribution in [2.24, 2.45) is 0 Å². The minimum Gasteiger partial charge on any atom is -0.457 e. The van der Waals surface area contributed by atoms with Gasteiger partial charge in [-0.2, -0.15) is 0 Å². The number of aliphatic hydroxyl groups excluding tert-OH is 1. The van der Waals surface area contributed by atoms with Crippen molar-refractivity contribution in [2.75, 3.05) is 13.2 Å². The molecule has 25 heavy (non-hydrogen) atoms. The number of aryl methyl sites for hydroxylation is 1. The number of ketones is 1. The number of aliphatic hydroxyl groups is 1. The molecule has 1 aliphatic rings. The fraction of sp³-hybridized carbons (Fsp3) is 0.167. The highest BCUT2D eigenvalue weighted by atomic mass is 32.2. The molecule has 0 spiro atoms. The molecule has 1 amide bonds. The molecule has 1 saturated heterocycles. The molecular weight excluding hydrogens is 358 g/mol. The van der Waals surface area contributed by atoms with Crippen molar-refractivity contribution in [3.63, 3.8) is 0 Å². The average molecular weight is 373 g/mol. The predicted molar refractivity (Wildman–Crippen MR) is 101 cm³/mol. The van der Waals surface area contributed by atoms with Crippen molar-refractivity contribution in [2.45, 2.75) is 6.92 Å². The fourth-order valence-corrected chi connectivity index (χ4v) is 3.61. The number of thioether (sulfide) groups is 1. The predicted octanol–water partition coefficient (Wildman–Crippen LogP) is 3.02. The van der Waals surface area contributed by atoms with Crippen molar-refractivity contribution in [1.82, 2.24) is 4.90 Å². The van der Waals surface area contributed by atoms with E-state index >= 15 is 0 Å². The number of amides is 1. The second-order valence-corrected chi connectivity index (χ2v) is 7.21. The van der Waals surface area contributed by atoms with E-state index in [1.165, 1.54) is 4.90 Å². The zero-order chi connectivity index (χ0) is 18.0. The molecule has 0 unspecified atom stereocenters. The lowest BCUT2D eigenvalue weighted by molar-refractivity contribution is -0.129. The normalized spacial score (nSPS) is 16.1. The molecule has 0 atom stereocenters. The van der Waals surface area contributed by atoms with Crippen molar-refractivity contribution in [3.05, 3.63) is 52.6 Å². The minimum absolute atomic E-state index is 0.217. The van der Waals surface area contributed by atoms with Crippen LogP contribution in [0, 0.1) is 6.92 Å². The van der Waals surface area contributed by atoms with Crippen LogP contribution in [0.2, 0.25) is 0 Å². The molecule has 1 aromatic heterocycles. The van der Waals surface area contributed by atoms with Crippen molar-refractivity contribution in [1.29, 1.82) is 0 Å². The summed E-state index contributed by atoms with van der Waals surface area (Å²) in [6.45, 7) is 1.17. The second-order valence-electron chi connectivity index (χ2n) is 5.54. The van der Waals surface area contributed by atoms with Gasteiger partial charge in [-0.3, -0.25) is 14.5 Å². The topological polar surface area (TPSA) is 70.8 Å². The molecule has 1 N–H and O–H groups in total. The standard InChI is InChI=1S/C18H15NO4S2/c1-11-3-2-4-12(7-11)15-6-5-14(23-15)8-16-17(22)19(18(24)25-16)9-13(21)10-20/h2-8,20H,9-10H2,1H3/b16-8-. The minimum atomic E-state index is -0.617. The summed E-state index contributed by atoms with van der Waals surface area (Å²) in [7, 11) is 0. The van der Waals surface area contributed by atoms with Crippen LogP contribution in [-0.4, -0.2) is 39.2 Å². The summed E-state index contributed by atoms with van der Waals surface area (Å²) in [6.07, 6.45) is 1.61. The van der Waals surface area contributed by atoms with E-state index in [2.05, 4.69) is 0 Å². The van der Waals surface area contributed by atoms with Crippen LogP contribution in [-0.2, 0) is 9.59 Å². The molecule has 1 aliphatic heterocycles. The van der Waals surface area contributed by atoms with E-state index in [4.69, 9.17) is 21.7 Å². The number of benzene rings is 1. The van der Waals surface area contributed by atoms with Crippen LogP contribution in [0.4, 0.5) is 0 Å². The van der Waals surface area contributed by atoms with Gasteiger partial charge in [-0.05, 0) is 25.1 Å². The summed E-state index contributed by atoms with van der Waals surface area (Å²) >= 11 is 6.25. The smallest absolute Gasteiger partial charge is 0.266 e. The second kappa shape index (κ2) is 7.35. The van der Waals surface area contributed by atoms with Gasteiger partial charge >= 0.3 is 0 Å². The molecule has 2 aromatic rings. The maximum atomic E-state index is 12.4. The number of Topliss-reactive ketones (excluding diaryl/α,β-unsaturated/α-hetero) is 1. The molecule has 0 radical (unpaired) electrons. The van der Waals surface area contributed by atoms with Crippen LogP contribution in [0.1, 0.15) is 11.3 Å². The van der Waals surface area contributed by atoms with Gasteiger partial charge in [0.2, 0.25) is 0 Å². The first-order valence-electron chi connectivity index (χ1n) is 7.53. The van der Waals surface area contributed by atoms with Gasteiger partial charge in [0.25, 0.3) is 5.91 Å². The van der Waals surface area contributed by atoms with Gasteiger partial charge < -0.3 is 9.52 Å². The van der Waals surface area contributed by atoms with Crippen LogP contribution >= 0.6 is 24.0 Å². The Morgan fingerprint density at radius 3 is 2.88 bits per heavy atom. The third kappa shape index (κ3) is 3.89. The summed E-state index contributed by atoms with van der Waals surface area (Å²) in [4.78, 5) is 25.3. The summed E-state index contributed by atoms with van der Waals surface area (Å²) in [5.74, 6) is 0.425. The Balaban J connectivity index is 1.81. The zero-order valence-electron chi connectivity index (χ0n) is 13.4. The summed E-state index contributed by atoms with van der Waals surface area (Å²) < 4.78 is 6.09. The lowest BCUT2D eigenvalue weighted by Crippen LogP contribution is -2.34. The summed E-state index contributed by atoms with van der Waals surface area (Å²) in [5, 5.41) is 8.83. The van der Waals surface area contributed by atoms with Crippen LogP contribution in [0.25, 0.3) is 17.4 Å². The van der Waals surface area contributed by atoms with Gasteiger partial charge in [-0.25, -0.2) is 0 Å². The first-order valence-corrected chi connectivity index (χ1v) is 8.75. The Morgan fingerprint density at radius 2 is 2.16 bits per heavy atom. The summed E-state index contributed by atoms with van der Waals surface area (Å²) in [6, 6.07) is 11.6. The third-order valence-corrected chi connectivity index (χ3v) is 4.96. The summed E-state index contributed by atoms with van der Waals surface area (Å²) in [5.41, 5.74) is 2.09. The molecule has 1 aromatic carbocycles. The highest BCUT2D eigenvalue weighted by Crippen LogP contribution is 2.33. The van der Waals surface area contributed by atoms with Gasteiger partial charge in [-0.15, -0.1) is 0 Å². The first-order chi connectivity index (χ1) is 12.0. The van der Waals surface area contributed by atoms with Crippen LogP contribution < -0.4 is 0 Å². The van der Waals surface area contributed by atoms with Gasteiger partial charge in [0.1, 0.15) is 22.4 Å². The molecule has 2 heterocycles. The molecule has 5 nitrogen and oxygen atoms in total. The number of hydrogen-bond acceptors (Lipinski definition) is 6. The largest absolute Gasteiger partial charge is 0.457 e. The Kier molecular flexibility index (Phi) is 5.17. The van der Waals surface area contributed by atoms with E-state index < -0.39 is 12.4 Å². The lowest BCUT2D eigenvalue weighted by Gasteiger charge is -2.11. The Hall–Kier alpha value is -2.22. The number of rotatable bonds is 5. The third-order valence-electron chi connectivity index (χ3n) is 3.59. The molecule has 0 saturated carbocycles. The molecule has 128 valence electrons. The average Bonchev–Trinajstić information content (AvgIpc) is 3.15. The van der Waals surface area contributed by atoms with E-state index in [1.807, 2.05) is 37.3 Å². The Labute approximate surface area is 154 Å². The van der Waals surface area contributed by atoms with Crippen molar-refractivity contribution < 1.29 is 19.1 Å². The van der Waals surface area contributed by atoms with Gasteiger partial charge in [-0.1, -0.05) is 47.7 Å². The van der Waals surface area contributed by atoms with Crippen LogP contribution in [0.15, 0.2) is 45.7 Å². The monoisotopic (exact) mass is 373 g/mol. The number of hydrogen-bond donors (Lipinski definition) is 1. The van der Waals surface area contributed by atoms with E-state index in [0.717, 1.165) is 22.9 Å². The van der Waals surface area contributed by atoms with Crippen LogP contribution in [0.5, 0.6) is 0 Å². The number of carbonyl (C=O) groups excluding carboxylic acids is 2. The SMILES string of the molecule is Cc1cccc(-c2ccc(/C=C3\SC(=S)N(CC(=O)CO)C3=O)o2)c1. The van der Waals surface area contributed by atoms with Crippen LogP contribution in [0.3, 0.4) is 0 Å². The van der Waals surface area contributed by atoms with Crippen molar-refractivity contribution in [3.8, 4) is 11.3 Å². The van der Waals surface area contributed by atoms with E-state index in [1.54, 1.807) is 12.1 Å². The van der Waals surface area contributed by atoms with Gasteiger partial charge in [0.05, 0.1) is 11.4 Å². The van der Waals surface area contributed by atoms with E-state index in [-0.39, 0.29) is 12.5 Å². The van der Waals surface area contributed by atoms with Gasteiger partial charge in [0, 0.05) is 11.6 Å². The molecule has 0 bridgehead atoms. The van der Waals surface area contributed by atoms with E-state index in [0.29, 0.717) is 20.7 Å². The maximum absolute atomic E-state index is 12.4. The highest BCUT2D eigenvalue weighted by Gasteiger charge is 2.33. The maximum Gasteiger partial charge on any atom is 0.266 e. The number of nitrogens with zero attached hydrogens (tertiary/aromatic N) is 1. The lowest BCUT2D eigenvalue weighted by atomic mass is 10.1. The quantitative estimate of drug-likeness (QED) is 0.642. The number of carbonyl (C=O) groups is 2.